The Morgan fingerprint density at radius 1 is 1.38 bits per heavy atom. The van der Waals surface area contributed by atoms with Gasteiger partial charge in [0.25, 0.3) is 0 Å². The van der Waals surface area contributed by atoms with E-state index >= 15 is 0 Å². The summed E-state index contributed by atoms with van der Waals surface area (Å²) in [5.41, 5.74) is 1.04. The highest BCUT2D eigenvalue weighted by molar-refractivity contribution is 9.10. The van der Waals surface area contributed by atoms with Crippen molar-refractivity contribution in [2.75, 3.05) is 6.26 Å². The Morgan fingerprint density at radius 2 is 2.00 bits per heavy atom. The first-order chi connectivity index (χ1) is 5.95. The molecule has 0 unspecified atom stereocenters. The maximum atomic E-state index is 11.2. The van der Waals surface area contributed by atoms with Crippen LogP contribution in [0.1, 0.15) is 5.56 Å². The molecule has 0 saturated carbocycles. The predicted molar refractivity (Wildman–Crippen MR) is 59.9 cm³/mol. The molecule has 0 saturated heterocycles. The fourth-order valence-electron chi connectivity index (χ4n) is 0.928. The Balaban J connectivity index is 3.29. The molecule has 0 N–H and O–H groups in total. The molecule has 0 amide bonds. The van der Waals surface area contributed by atoms with E-state index in [1.165, 1.54) is 6.26 Å². The van der Waals surface area contributed by atoms with E-state index in [9.17, 15) is 8.42 Å². The van der Waals surface area contributed by atoms with Gasteiger partial charge in [-0.2, -0.15) is 0 Å². The zero-order valence-corrected chi connectivity index (χ0v) is 10.9. The fourth-order valence-corrected chi connectivity index (χ4v) is 3.31. The van der Waals surface area contributed by atoms with E-state index in [0.717, 1.165) is 10.9 Å². The van der Waals surface area contributed by atoms with Crippen LogP contribution in [0.25, 0.3) is 0 Å². The van der Waals surface area contributed by atoms with Crippen LogP contribution in [0.3, 0.4) is 0 Å². The summed E-state index contributed by atoms with van der Waals surface area (Å²) in [7, 11) is -3.12. The smallest absolute Gasteiger partial charge is 0.176 e. The van der Waals surface area contributed by atoms with Gasteiger partial charge in [-0.1, -0.05) is 22.0 Å². The number of alkyl halides is 1. The zero-order chi connectivity index (χ0) is 10.1. The standard InChI is InChI=1S/C8H8Br2O2S/c1-13(11,12)8-3-2-6(5-9)4-7(8)10/h2-4H,5H2,1H3. The number of sulfone groups is 1. The van der Waals surface area contributed by atoms with Gasteiger partial charge < -0.3 is 0 Å². The maximum Gasteiger partial charge on any atom is 0.176 e. The van der Waals surface area contributed by atoms with Crippen LogP contribution in [-0.2, 0) is 15.2 Å². The molecule has 0 aromatic heterocycles. The van der Waals surface area contributed by atoms with Gasteiger partial charge in [-0.25, -0.2) is 8.42 Å². The molecule has 72 valence electrons. The Hall–Kier alpha value is 0.130. The maximum absolute atomic E-state index is 11.2. The summed E-state index contributed by atoms with van der Waals surface area (Å²) in [6, 6.07) is 5.19. The van der Waals surface area contributed by atoms with Crippen LogP contribution in [0.4, 0.5) is 0 Å². The molecule has 0 aliphatic heterocycles. The Bertz CT molecular complexity index is 412. The largest absolute Gasteiger partial charge is 0.224 e. The fraction of sp³-hybridized carbons (Fsp3) is 0.250. The molecule has 1 aromatic rings. The Kier molecular flexibility index (Phi) is 3.54. The average Bonchev–Trinajstić information content (AvgIpc) is 2.01. The topological polar surface area (TPSA) is 34.1 Å². The predicted octanol–water partition coefficient (Wildman–Crippen LogP) is 2.75. The molecule has 1 rings (SSSR count). The lowest BCUT2D eigenvalue weighted by molar-refractivity contribution is 0.601. The van der Waals surface area contributed by atoms with Gasteiger partial charge in [0.1, 0.15) is 0 Å². The van der Waals surface area contributed by atoms with Crippen LogP contribution >= 0.6 is 31.9 Å². The molecule has 0 bridgehead atoms. The summed E-state index contributed by atoms with van der Waals surface area (Å²) in [5, 5.41) is 0.718. The minimum Gasteiger partial charge on any atom is -0.224 e. The number of rotatable bonds is 2. The first-order valence-corrected chi connectivity index (χ1v) is 7.30. The number of hydrogen-bond acceptors (Lipinski definition) is 2. The molecule has 1 aromatic carbocycles. The molecule has 0 aliphatic carbocycles. The van der Waals surface area contributed by atoms with Crippen LogP contribution in [-0.4, -0.2) is 14.7 Å². The summed E-state index contributed by atoms with van der Waals surface area (Å²) in [4.78, 5) is 0.331. The second-order valence-corrected chi connectivity index (χ2v) is 6.07. The van der Waals surface area contributed by atoms with Crippen molar-refractivity contribution in [3.8, 4) is 0 Å². The highest BCUT2D eigenvalue weighted by atomic mass is 79.9. The van der Waals surface area contributed by atoms with Crippen LogP contribution in [0.5, 0.6) is 0 Å². The molecule has 2 nitrogen and oxygen atoms in total. The van der Waals surface area contributed by atoms with Crippen molar-refractivity contribution in [1.82, 2.24) is 0 Å². The lowest BCUT2D eigenvalue weighted by Crippen LogP contribution is -1.98. The third kappa shape index (κ3) is 2.79. The molecular weight excluding hydrogens is 320 g/mol. The quantitative estimate of drug-likeness (QED) is 0.783. The molecule has 0 spiro atoms. The molecule has 0 atom stereocenters. The number of benzene rings is 1. The van der Waals surface area contributed by atoms with E-state index in [2.05, 4.69) is 31.9 Å². The summed E-state index contributed by atoms with van der Waals surface area (Å²) >= 11 is 6.52. The molecule has 5 heteroatoms. The van der Waals surface area contributed by atoms with Crippen LogP contribution in [0.2, 0.25) is 0 Å². The van der Waals surface area contributed by atoms with Crippen molar-refractivity contribution in [3.63, 3.8) is 0 Å². The highest BCUT2D eigenvalue weighted by Gasteiger charge is 2.11. The van der Waals surface area contributed by atoms with Gasteiger partial charge in [-0.15, -0.1) is 0 Å². The normalized spacial score (nSPS) is 11.6. The van der Waals surface area contributed by atoms with Crippen molar-refractivity contribution in [1.29, 1.82) is 0 Å². The Morgan fingerprint density at radius 3 is 2.38 bits per heavy atom. The van der Waals surface area contributed by atoms with Gasteiger partial charge in [0.2, 0.25) is 0 Å². The molecule has 0 aliphatic rings. The molecular formula is C8H8Br2O2S. The van der Waals surface area contributed by atoms with Crippen molar-refractivity contribution in [2.45, 2.75) is 10.2 Å². The van der Waals surface area contributed by atoms with Crippen LogP contribution < -0.4 is 0 Å². The summed E-state index contributed by atoms with van der Waals surface area (Å²) in [6.45, 7) is 0. The average molecular weight is 328 g/mol. The van der Waals surface area contributed by atoms with E-state index in [4.69, 9.17) is 0 Å². The van der Waals surface area contributed by atoms with E-state index in [-0.39, 0.29) is 0 Å². The summed E-state index contributed by atoms with van der Waals surface area (Å²) < 4.78 is 23.0. The third-order valence-corrected chi connectivity index (χ3v) is 4.27. The van der Waals surface area contributed by atoms with Crippen molar-refractivity contribution in [2.24, 2.45) is 0 Å². The molecule has 13 heavy (non-hydrogen) atoms. The van der Waals surface area contributed by atoms with Gasteiger partial charge >= 0.3 is 0 Å². The van der Waals surface area contributed by atoms with E-state index in [1.54, 1.807) is 18.2 Å². The highest BCUT2D eigenvalue weighted by Crippen LogP contribution is 2.23. The van der Waals surface area contributed by atoms with Crippen LogP contribution in [0, 0.1) is 0 Å². The van der Waals surface area contributed by atoms with Crippen LogP contribution in [0.15, 0.2) is 27.6 Å². The second-order valence-electron chi connectivity index (χ2n) is 2.67. The van der Waals surface area contributed by atoms with Gasteiger partial charge in [0, 0.05) is 16.1 Å². The SMILES string of the molecule is CS(=O)(=O)c1ccc(CBr)cc1Br. The minimum atomic E-state index is -3.12. The minimum absolute atomic E-state index is 0.331. The van der Waals surface area contributed by atoms with E-state index in [1.807, 2.05) is 0 Å². The van der Waals surface area contributed by atoms with Crippen molar-refractivity contribution in [3.05, 3.63) is 28.2 Å². The lowest BCUT2D eigenvalue weighted by atomic mass is 10.2. The lowest BCUT2D eigenvalue weighted by Gasteiger charge is -2.03. The molecule has 0 fully saturated rings. The monoisotopic (exact) mass is 326 g/mol. The third-order valence-electron chi connectivity index (χ3n) is 1.55. The van der Waals surface area contributed by atoms with E-state index < -0.39 is 9.84 Å². The summed E-state index contributed by atoms with van der Waals surface area (Å²) in [6.07, 6.45) is 1.20. The van der Waals surface area contributed by atoms with Crippen molar-refractivity contribution >= 4 is 41.7 Å². The van der Waals surface area contributed by atoms with Gasteiger partial charge in [-0.05, 0) is 33.6 Å². The first kappa shape index (κ1) is 11.2. The molecule has 0 heterocycles. The van der Waals surface area contributed by atoms with Crippen molar-refractivity contribution < 1.29 is 8.42 Å². The van der Waals surface area contributed by atoms with E-state index in [0.29, 0.717) is 9.37 Å². The van der Waals surface area contributed by atoms with Gasteiger partial charge in [0.15, 0.2) is 9.84 Å². The van der Waals surface area contributed by atoms with Gasteiger partial charge in [0.05, 0.1) is 4.90 Å². The van der Waals surface area contributed by atoms with Gasteiger partial charge in [-0.3, -0.25) is 0 Å². The second kappa shape index (κ2) is 4.11. The number of hydrogen-bond donors (Lipinski definition) is 0. The summed E-state index contributed by atoms with van der Waals surface area (Å²) in [5.74, 6) is 0. The molecule has 0 radical (unpaired) electrons. The first-order valence-electron chi connectivity index (χ1n) is 3.49. The zero-order valence-electron chi connectivity index (χ0n) is 6.92. The Labute approximate surface area is 94.5 Å². The number of halogens is 2.